The number of hydrogen-bond donors (Lipinski definition) is 2. The van der Waals surface area contributed by atoms with Crippen LogP contribution >= 0.6 is 11.6 Å². The number of halogens is 1. The standard InChI is InChI=1S/C16H25ClN2O/c1-12(2)18-9-14-5-6-15(8-16(14)17)19-7-3-4-13(10-19)11-20/h5-6,8,12-13,18,20H,3-4,7,9-11H2,1-2H3. The second-order valence-corrected chi connectivity index (χ2v) is 6.36. The van der Waals surface area contributed by atoms with Gasteiger partial charge in [0.2, 0.25) is 0 Å². The average molecular weight is 297 g/mol. The fourth-order valence-electron chi connectivity index (χ4n) is 2.64. The van der Waals surface area contributed by atoms with Crippen LogP contribution < -0.4 is 10.2 Å². The molecule has 4 heteroatoms. The lowest BCUT2D eigenvalue weighted by molar-refractivity contribution is 0.209. The van der Waals surface area contributed by atoms with Crippen molar-refractivity contribution < 1.29 is 5.11 Å². The molecular formula is C16H25ClN2O. The largest absolute Gasteiger partial charge is 0.396 e. The molecule has 0 saturated carbocycles. The molecule has 0 bridgehead atoms. The highest BCUT2D eigenvalue weighted by Gasteiger charge is 2.19. The molecule has 0 amide bonds. The molecule has 0 spiro atoms. The number of aliphatic hydroxyl groups is 1. The summed E-state index contributed by atoms with van der Waals surface area (Å²) in [5.74, 6) is 0.393. The van der Waals surface area contributed by atoms with Gasteiger partial charge >= 0.3 is 0 Å². The lowest BCUT2D eigenvalue weighted by Crippen LogP contribution is -2.36. The first-order valence-corrected chi connectivity index (χ1v) is 7.85. The van der Waals surface area contributed by atoms with Crippen LogP contribution in [0.3, 0.4) is 0 Å². The van der Waals surface area contributed by atoms with Gasteiger partial charge in [0.1, 0.15) is 0 Å². The molecule has 1 aliphatic rings. The predicted molar refractivity (Wildman–Crippen MR) is 85.5 cm³/mol. The zero-order valence-electron chi connectivity index (χ0n) is 12.4. The van der Waals surface area contributed by atoms with E-state index in [1.165, 1.54) is 5.69 Å². The van der Waals surface area contributed by atoms with E-state index in [1.54, 1.807) is 0 Å². The van der Waals surface area contributed by atoms with Gasteiger partial charge in [-0.1, -0.05) is 31.5 Å². The Kier molecular flexibility index (Phi) is 5.70. The summed E-state index contributed by atoms with van der Waals surface area (Å²) in [6.07, 6.45) is 2.26. The molecule has 1 atom stereocenters. The molecule has 20 heavy (non-hydrogen) atoms. The summed E-state index contributed by atoms with van der Waals surface area (Å²) in [6, 6.07) is 6.76. The molecule has 1 saturated heterocycles. The van der Waals surface area contributed by atoms with E-state index < -0.39 is 0 Å². The van der Waals surface area contributed by atoms with Gasteiger partial charge in [-0.2, -0.15) is 0 Å². The Morgan fingerprint density at radius 3 is 2.90 bits per heavy atom. The van der Waals surface area contributed by atoms with Crippen molar-refractivity contribution in [2.45, 2.75) is 39.3 Å². The number of piperidine rings is 1. The van der Waals surface area contributed by atoms with Crippen LogP contribution in [0.5, 0.6) is 0 Å². The van der Waals surface area contributed by atoms with E-state index in [-0.39, 0.29) is 6.61 Å². The van der Waals surface area contributed by atoms with Crippen LogP contribution in [0.15, 0.2) is 18.2 Å². The molecule has 1 heterocycles. The van der Waals surface area contributed by atoms with Crippen molar-refractivity contribution in [3.05, 3.63) is 28.8 Å². The molecule has 1 aromatic rings. The van der Waals surface area contributed by atoms with Gasteiger partial charge in [0.25, 0.3) is 0 Å². The third-order valence-corrected chi connectivity index (χ3v) is 4.23. The maximum absolute atomic E-state index is 9.32. The van der Waals surface area contributed by atoms with Gasteiger partial charge in [-0.05, 0) is 36.5 Å². The quantitative estimate of drug-likeness (QED) is 0.877. The summed E-state index contributed by atoms with van der Waals surface area (Å²) in [4.78, 5) is 2.33. The molecule has 1 fully saturated rings. The average Bonchev–Trinajstić information content (AvgIpc) is 2.46. The summed E-state index contributed by atoms with van der Waals surface area (Å²) in [5.41, 5.74) is 2.31. The van der Waals surface area contributed by atoms with Crippen molar-refractivity contribution in [1.29, 1.82) is 0 Å². The smallest absolute Gasteiger partial charge is 0.0476 e. The van der Waals surface area contributed by atoms with Gasteiger partial charge in [0.15, 0.2) is 0 Å². The van der Waals surface area contributed by atoms with Crippen LogP contribution in [0.2, 0.25) is 5.02 Å². The zero-order chi connectivity index (χ0) is 14.5. The van der Waals surface area contributed by atoms with E-state index in [0.29, 0.717) is 12.0 Å². The van der Waals surface area contributed by atoms with Crippen molar-refractivity contribution in [2.75, 3.05) is 24.6 Å². The van der Waals surface area contributed by atoms with E-state index in [9.17, 15) is 5.11 Å². The third-order valence-electron chi connectivity index (χ3n) is 3.88. The summed E-state index contributed by atoms with van der Waals surface area (Å²) in [6.45, 7) is 7.32. The maximum atomic E-state index is 9.32. The second-order valence-electron chi connectivity index (χ2n) is 5.95. The Morgan fingerprint density at radius 2 is 2.25 bits per heavy atom. The van der Waals surface area contributed by atoms with E-state index in [0.717, 1.165) is 43.1 Å². The fraction of sp³-hybridized carbons (Fsp3) is 0.625. The Bertz CT molecular complexity index is 436. The molecule has 3 nitrogen and oxygen atoms in total. The van der Waals surface area contributed by atoms with Crippen LogP contribution in [0.1, 0.15) is 32.3 Å². The first kappa shape index (κ1) is 15.6. The number of anilines is 1. The van der Waals surface area contributed by atoms with Gasteiger partial charge in [-0.3, -0.25) is 0 Å². The lowest BCUT2D eigenvalue weighted by atomic mass is 9.98. The summed E-state index contributed by atoms with van der Waals surface area (Å²) < 4.78 is 0. The van der Waals surface area contributed by atoms with Crippen molar-refractivity contribution >= 4 is 17.3 Å². The van der Waals surface area contributed by atoms with Crippen molar-refractivity contribution in [1.82, 2.24) is 5.32 Å². The van der Waals surface area contributed by atoms with Gasteiger partial charge in [-0.15, -0.1) is 0 Å². The third kappa shape index (κ3) is 4.11. The monoisotopic (exact) mass is 296 g/mol. The van der Waals surface area contributed by atoms with Crippen LogP contribution in [0.25, 0.3) is 0 Å². The van der Waals surface area contributed by atoms with Gasteiger partial charge in [-0.25, -0.2) is 0 Å². The number of nitrogens with zero attached hydrogens (tertiary/aromatic N) is 1. The van der Waals surface area contributed by atoms with Crippen molar-refractivity contribution in [3.8, 4) is 0 Å². The zero-order valence-corrected chi connectivity index (χ0v) is 13.2. The van der Waals surface area contributed by atoms with Gasteiger partial charge in [0, 0.05) is 43.0 Å². The Balaban J connectivity index is 2.04. The molecule has 2 rings (SSSR count). The number of benzene rings is 1. The number of nitrogens with one attached hydrogen (secondary N) is 1. The van der Waals surface area contributed by atoms with Crippen LogP contribution in [-0.2, 0) is 6.54 Å². The van der Waals surface area contributed by atoms with E-state index >= 15 is 0 Å². The Labute approximate surface area is 126 Å². The topological polar surface area (TPSA) is 35.5 Å². The van der Waals surface area contributed by atoms with Crippen LogP contribution in [-0.4, -0.2) is 30.8 Å². The highest BCUT2D eigenvalue weighted by Crippen LogP contribution is 2.27. The predicted octanol–water partition coefficient (Wildman–Crippen LogP) is 3.05. The molecule has 0 aromatic heterocycles. The lowest BCUT2D eigenvalue weighted by Gasteiger charge is -2.33. The van der Waals surface area contributed by atoms with Gasteiger partial charge < -0.3 is 15.3 Å². The first-order chi connectivity index (χ1) is 9.60. The Morgan fingerprint density at radius 1 is 1.45 bits per heavy atom. The van der Waals surface area contributed by atoms with E-state index in [1.807, 2.05) is 0 Å². The van der Waals surface area contributed by atoms with E-state index in [2.05, 4.69) is 42.3 Å². The SMILES string of the molecule is CC(C)NCc1ccc(N2CCCC(CO)C2)cc1Cl. The molecule has 0 radical (unpaired) electrons. The Hall–Kier alpha value is -0.770. The number of rotatable bonds is 5. The molecule has 1 aromatic carbocycles. The van der Waals surface area contributed by atoms with Crippen LogP contribution in [0, 0.1) is 5.92 Å². The summed E-state index contributed by atoms with van der Waals surface area (Å²) in [5, 5.41) is 13.5. The normalized spacial score (nSPS) is 19.6. The molecule has 1 unspecified atom stereocenters. The van der Waals surface area contributed by atoms with Crippen LogP contribution in [0.4, 0.5) is 5.69 Å². The number of aliphatic hydroxyl groups excluding tert-OH is 1. The maximum Gasteiger partial charge on any atom is 0.0476 e. The highest BCUT2D eigenvalue weighted by atomic mass is 35.5. The number of hydrogen-bond acceptors (Lipinski definition) is 3. The second kappa shape index (κ2) is 7.30. The summed E-state index contributed by atoms with van der Waals surface area (Å²) in [7, 11) is 0. The van der Waals surface area contributed by atoms with E-state index in [4.69, 9.17) is 11.6 Å². The minimum Gasteiger partial charge on any atom is -0.396 e. The molecule has 1 aliphatic heterocycles. The molecule has 0 aliphatic carbocycles. The minimum absolute atomic E-state index is 0.278. The highest BCUT2D eigenvalue weighted by molar-refractivity contribution is 6.31. The van der Waals surface area contributed by atoms with Crippen molar-refractivity contribution in [2.24, 2.45) is 5.92 Å². The fourth-order valence-corrected chi connectivity index (χ4v) is 2.88. The first-order valence-electron chi connectivity index (χ1n) is 7.47. The minimum atomic E-state index is 0.278. The molecular weight excluding hydrogens is 272 g/mol. The summed E-state index contributed by atoms with van der Waals surface area (Å²) >= 11 is 6.39. The molecule has 2 N–H and O–H groups in total. The molecule has 112 valence electrons. The van der Waals surface area contributed by atoms with Gasteiger partial charge in [0.05, 0.1) is 0 Å². The van der Waals surface area contributed by atoms with Crippen molar-refractivity contribution in [3.63, 3.8) is 0 Å².